The second-order valence-electron chi connectivity index (χ2n) is 12.1. The van der Waals surface area contributed by atoms with Crippen LogP contribution in [-0.2, 0) is 16.0 Å². The highest BCUT2D eigenvalue weighted by atomic mass is 19.1. The number of carbonyl (C=O) groups excluding carboxylic acids is 2. The van der Waals surface area contributed by atoms with Crippen LogP contribution in [0, 0.1) is 28.3 Å². The molecule has 0 fully saturated rings. The summed E-state index contributed by atoms with van der Waals surface area (Å²) in [5.74, 6) is -3.94. The molecule has 2 aromatic carbocycles. The summed E-state index contributed by atoms with van der Waals surface area (Å²) in [6.07, 6.45) is 3.11. The van der Waals surface area contributed by atoms with Crippen molar-refractivity contribution in [3.05, 3.63) is 57.5 Å². The molecule has 3 aromatic rings. The number of nitrogens with one attached hydrogen (secondary N) is 2. The molecule has 0 saturated carbocycles. The van der Waals surface area contributed by atoms with E-state index in [4.69, 9.17) is 4.42 Å². The van der Waals surface area contributed by atoms with Crippen LogP contribution >= 0.6 is 0 Å². The van der Waals surface area contributed by atoms with E-state index in [-0.39, 0.29) is 29.0 Å². The van der Waals surface area contributed by atoms with E-state index in [9.17, 15) is 18.8 Å². The highest BCUT2D eigenvalue weighted by Crippen LogP contribution is 2.35. The molecule has 1 aromatic heterocycles. The van der Waals surface area contributed by atoms with E-state index in [2.05, 4.69) is 10.6 Å². The van der Waals surface area contributed by atoms with Gasteiger partial charge in [0.15, 0.2) is 22.6 Å². The molecule has 0 radical (unpaired) electrons. The largest absolute Gasteiger partial charge is 0.453 e. The number of halogens is 3. The van der Waals surface area contributed by atoms with Crippen molar-refractivity contribution in [1.29, 1.82) is 0 Å². The van der Waals surface area contributed by atoms with Crippen molar-refractivity contribution in [3.8, 4) is 11.3 Å². The average molecular weight is 559 g/mol. The van der Waals surface area contributed by atoms with Gasteiger partial charge in [-0.25, -0.2) is 13.2 Å². The van der Waals surface area contributed by atoms with E-state index in [1.807, 2.05) is 6.92 Å². The molecule has 0 aliphatic rings. The smallest absolute Gasteiger partial charge is 0.229 e. The third kappa shape index (κ3) is 6.74. The number of unbranched alkanes of at least 4 members (excludes halogenated alkanes) is 3. The van der Waals surface area contributed by atoms with Gasteiger partial charge in [0, 0.05) is 28.0 Å². The van der Waals surface area contributed by atoms with Gasteiger partial charge in [-0.2, -0.15) is 0 Å². The monoisotopic (exact) mass is 558 g/mol. The van der Waals surface area contributed by atoms with Crippen molar-refractivity contribution >= 4 is 34.2 Å². The molecule has 2 amide bonds. The summed E-state index contributed by atoms with van der Waals surface area (Å²) in [6.45, 7) is 12.0. The minimum atomic E-state index is -1.04. The Morgan fingerprint density at radius 3 is 2.05 bits per heavy atom. The summed E-state index contributed by atoms with van der Waals surface area (Å²) in [5.41, 5.74) is -3.69. The number of rotatable bonds is 8. The molecule has 1 heterocycles. The maximum absolute atomic E-state index is 15.8. The van der Waals surface area contributed by atoms with Gasteiger partial charge in [-0.15, -0.1) is 0 Å². The number of benzene rings is 2. The quantitative estimate of drug-likeness (QED) is 0.275. The number of anilines is 2. The fourth-order valence-electron chi connectivity index (χ4n) is 3.97. The first kappa shape index (κ1) is 30.9. The summed E-state index contributed by atoms with van der Waals surface area (Å²) in [7, 11) is 0. The van der Waals surface area contributed by atoms with Crippen LogP contribution in [0.3, 0.4) is 0 Å². The molecule has 9 heteroatoms. The van der Waals surface area contributed by atoms with Gasteiger partial charge in [-0.05, 0) is 31.0 Å². The molecule has 0 bridgehead atoms. The molecule has 0 unspecified atom stereocenters. The minimum Gasteiger partial charge on any atom is -0.453 e. The van der Waals surface area contributed by atoms with Gasteiger partial charge in [-0.1, -0.05) is 67.7 Å². The van der Waals surface area contributed by atoms with Gasteiger partial charge >= 0.3 is 0 Å². The van der Waals surface area contributed by atoms with Crippen LogP contribution < -0.4 is 16.1 Å². The van der Waals surface area contributed by atoms with Crippen molar-refractivity contribution in [2.45, 2.75) is 80.6 Å². The van der Waals surface area contributed by atoms with Gasteiger partial charge in [-0.3, -0.25) is 14.4 Å². The number of hydrogen-bond donors (Lipinski definition) is 2. The van der Waals surface area contributed by atoms with Crippen LogP contribution in [0.4, 0.5) is 24.5 Å². The lowest BCUT2D eigenvalue weighted by atomic mass is 9.94. The zero-order valence-electron chi connectivity index (χ0n) is 24.1. The lowest BCUT2D eigenvalue weighted by Crippen LogP contribution is -2.29. The normalized spacial score (nSPS) is 12.1. The van der Waals surface area contributed by atoms with E-state index < -0.39 is 62.2 Å². The summed E-state index contributed by atoms with van der Waals surface area (Å²) in [6, 6.07) is 4.78. The van der Waals surface area contributed by atoms with Gasteiger partial charge in [0.1, 0.15) is 11.6 Å². The number of fused-ring (bicyclic) bond motifs is 1. The molecule has 0 aliphatic carbocycles. The Kier molecular flexibility index (Phi) is 9.17. The highest BCUT2D eigenvalue weighted by molar-refractivity contribution is 6.03. The minimum absolute atomic E-state index is 0.0384. The predicted molar refractivity (Wildman–Crippen MR) is 152 cm³/mol. The number of amides is 2. The van der Waals surface area contributed by atoms with Crippen LogP contribution in [0.5, 0.6) is 0 Å². The molecule has 0 aliphatic heterocycles. The first-order chi connectivity index (χ1) is 18.6. The average Bonchev–Trinajstić information content (AvgIpc) is 2.85. The summed E-state index contributed by atoms with van der Waals surface area (Å²) >= 11 is 0. The number of carbonyl (C=O) groups is 2. The van der Waals surface area contributed by atoms with Crippen molar-refractivity contribution in [3.63, 3.8) is 0 Å². The number of hydrogen-bond acceptors (Lipinski definition) is 4. The first-order valence-corrected chi connectivity index (χ1v) is 13.5. The van der Waals surface area contributed by atoms with Crippen LogP contribution in [0.15, 0.2) is 33.5 Å². The molecule has 0 saturated heterocycles. The third-order valence-electron chi connectivity index (χ3n) is 6.53. The van der Waals surface area contributed by atoms with Crippen molar-refractivity contribution in [1.82, 2.24) is 0 Å². The van der Waals surface area contributed by atoms with Crippen molar-refractivity contribution < 1.29 is 27.2 Å². The Morgan fingerprint density at radius 2 is 1.48 bits per heavy atom. The molecule has 3 rings (SSSR count). The highest BCUT2D eigenvalue weighted by Gasteiger charge is 2.29. The van der Waals surface area contributed by atoms with Crippen LogP contribution in [-0.4, -0.2) is 11.8 Å². The van der Waals surface area contributed by atoms with Gasteiger partial charge in [0.25, 0.3) is 0 Å². The summed E-state index contributed by atoms with van der Waals surface area (Å²) in [4.78, 5) is 38.3. The summed E-state index contributed by atoms with van der Waals surface area (Å²) < 4.78 is 52.1. The Morgan fingerprint density at radius 1 is 0.850 bits per heavy atom. The van der Waals surface area contributed by atoms with Crippen molar-refractivity contribution in [2.75, 3.05) is 10.6 Å². The van der Waals surface area contributed by atoms with E-state index in [0.717, 1.165) is 31.4 Å². The zero-order valence-corrected chi connectivity index (χ0v) is 24.1. The van der Waals surface area contributed by atoms with Gasteiger partial charge < -0.3 is 15.1 Å². The fraction of sp³-hybridized carbons (Fsp3) is 0.452. The lowest BCUT2D eigenvalue weighted by Gasteiger charge is -2.20. The maximum atomic E-state index is 15.8. The van der Waals surface area contributed by atoms with E-state index in [1.165, 1.54) is 12.1 Å². The van der Waals surface area contributed by atoms with E-state index >= 15 is 8.78 Å². The standard InChI is InChI=1S/C31H37F3N2O4/c1-8-9-10-11-12-18-24(33)26(36-29(39)31(5,6)7)23-21(37)16-22(40-27(23)25(18)34)17-13-14-20(19(32)15-17)35-28(38)30(2,3)4/h13-16H,8-12H2,1-7H3,(H,35,38)(H,36,39). The van der Waals surface area contributed by atoms with E-state index in [0.29, 0.717) is 6.42 Å². The van der Waals surface area contributed by atoms with Gasteiger partial charge in [0.2, 0.25) is 11.8 Å². The molecular formula is C31H37F3N2O4. The fourth-order valence-corrected chi connectivity index (χ4v) is 3.97. The SMILES string of the molecule is CCCCCCc1c(F)c(NC(=O)C(C)(C)C)c2c(=O)cc(-c3ccc(NC(=O)C(C)(C)C)c(F)c3)oc2c1F. The Labute approximate surface area is 232 Å². The molecule has 216 valence electrons. The topological polar surface area (TPSA) is 88.4 Å². The molecule has 0 atom stereocenters. The Bertz CT molecular complexity index is 1500. The Balaban J connectivity index is 2.17. The Hall–Kier alpha value is -3.62. The molecule has 0 spiro atoms. The van der Waals surface area contributed by atoms with E-state index in [1.54, 1.807) is 41.5 Å². The molecule has 40 heavy (non-hydrogen) atoms. The first-order valence-electron chi connectivity index (χ1n) is 13.5. The second kappa shape index (κ2) is 11.9. The third-order valence-corrected chi connectivity index (χ3v) is 6.53. The van der Waals surface area contributed by atoms with Crippen molar-refractivity contribution in [2.24, 2.45) is 10.8 Å². The maximum Gasteiger partial charge on any atom is 0.229 e. The molecular weight excluding hydrogens is 521 g/mol. The second-order valence-corrected chi connectivity index (χ2v) is 12.1. The molecule has 2 N–H and O–H groups in total. The predicted octanol–water partition coefficient (Wildman–Crippen LogP) is 7.97. The molecule has 6 nitrogen and oxygen atoms in total. The van der Waals surface area contributed by atoms with Crippen LogP contribution in [0.2, 0.25) is 0 Å². The zero-order chi connectivity index (χ0) is 30.0. The summed E-state index contributed by atoms with van der Waals surface area (Å²) in [5, 5.41) is 4.54. The van der Waals surface area contributed by atoms with Gasteiger partial charge in [0.05, 0.1) is 16.8 Å². The van der Waals surface area contributed by atoms with Crippen LogP contribution in [0.1, 0.15) is 79.7 Å². The lowest BCUT2D eigenvalue weighted by molar-refractivity contribution is -0.123. The van der Waals surface area contributed by atoms with Crippen LogP contribution in [0.25, 0.3) is 22.3 Å².